The van der Waals surface area contributed by atoms with Crippen molar-refractivity contribution in [1.82, 2.24) is 0 Å². The second-order valence-electron chi connectivity index (χ2n) is 17.1. The third kappa shape index (κ3) is 8.69. The van der Waals surface area contributed by atoms with Gasteiger partial charge in [-0.05, 0) is 170 Å². The Labute approximate surface area is 378 Å². The summed E-state index contributed by atoms with van der Waals surface area (Å²) in [5.74, 6) is 1.78. The first-order valence-corrected chi connectivity index (χ1v) is 22.8. The predicted octanol–water partition coefficient (Wildman–Crippen LogP) is 15.5. The SMILES string of the molecule is Cc1ccc(N(C2=CCC3=CCc4c(N(c5ccc(C)cc5)c5ccc(OCCCc6ccccc6)cc5)ccc5ccc2c3c45)c2ccc(OCCCc3ccccc3)cc2)cc1. The molecule has 0 radical (unpaired) electrons. The molecule has 2 aliphatic carbocycles. The molecule has 64 heavy (non-hydrogen) atoms. The van der Waals surface area contributed by atoms with Crippen LogP contribution in [0.15, 0.2) is 194 Å². The van der Waals surface area contributed by atoms with Gasteiger partial charge in [-0.3, -0.25) is 0 Å². The molecule has 0 amide bonds. The van der Waals surface area contributed by atoms with E-state index in [2.05, 4.69) is 218 Å². The molecule has 10 rings (SSSR count). The fraction of sp³-hybridized carbons (Fsp3) is 0.167. The van der Waals surface area contributed by atoms with Crippen LogP contribution in [0.2, 0.25) is 0 Å². The third-order valence-corrected chi connectivity index (χ3v) is 12.6. The summed E-state index contributed by atoms with van der Waals surface area (Å²) < 4.78 is 12.5. The van der Waals surface area contributed by atoms with Crippen molar-refractivity contribution in [2.75, 3.05) is 23.0 Å². The van der Waals surface area contributed by atoms with Gasteiger partial charge < -0.3 is 19.3 Å². The first kappa shape index (κ1) is 40.8. The Balaban J connectivity index is 0.976. The smallest absolute Gasteiger partial charge is 0.119 e. The van der Waals surface area contributed by atoms with Gasteiger partial charge in [-0.15, -0.1) is 0 Å². The molecule has 4 nitrogen and oxygen atoms in total. The fourth-order valence-corrected chi connectivity index (χ4v) is 9.33. The Morgan fingerprint density at radius 3 is 1.47 bits per heavy atom. The van der Waals surface area contributed by atoms with E-state index in [-0.39, 0.29) is 0 Å². The van der Waals surface area contributed by atoms with Crippen molar-refractivity contribution in [1.29, 1.82) is 0 Å². The molecular formula is C60H54N2O2. The molecule has 0 heterocycles. The van der Waals surface area contributed by atoms with E-state index < -0.39 is 0 Å². The van der Waals surface area contributed by atoms with Crippen LogP contribution in [-0.4, -0.2) is 13.2 Å². The monoisotopic (exact) mass is 834 g/mol. The van der Waals surface area contributed by atoms with Crippen LogP contribution in [0, 0.1) is 13.8 Å². The standard InChI is InChI=1S/C60H54N2O2/c1-43-17-25-49(26-18-43)61(51-29-33-53(34-30-51)63-41-9-15-45-11-5-3-6-12-45)57-39-23-47-22-38-56-58(40-24-48-21-37-55(57)59(47)60(48)56)62(50-27-19-44(2)20-28-50)52-31-35-54(36-32-52)64-42-10-16-46-13-7-4-8-14-46/h3-8,11-14,17-23,25-36,38-40H,9-10,15-16,24,37,41-42H2,1-2H3. The van der Waals surface area contributed by atoms with Crippen LogP contribution < -0.4 is 19.3 Å². The zero-order chi connectivity index (χ0) is 43.2. The summed E-state index contributed by atoms with van der Waals surface area (Å²) in [6.45, 7) is 5.66. The quantitative estimate of drug-likeness (QED) is 0.0906. The van der Waals surface area contributed by atoms with Gasteiger partial charge in [-0.1, -0.05) is 126 Å². The minimum absolute atomic E-state index is 0.678. The summed E-state index contributed by atoms with van der Waals surface area (Å²) in [5.41, 5.74) is 17.4. The summed E-state index contributed by atoms with van der Waals surface area (Å²) in [7, 11) is 0. The summed E-state index contributed by atoms with van der Waals surface area (Å²) in [4.78, 5) is 4.85. The number of hydrogen-bond donors (Lipinski definition) is 0. The van der Waals surface area contributed by atoms with E-state index >= 15 is 0 Å². The second-order valence-corrected chi connectivity index (χ2v) is 17.1. The Bertz CT molecular complexity index is 2920. The normalized spacial score (nSPS) is 12.7. The number of rotatable bonds is 16. The van der Waals surface area contributed by atoms with E-state index in [0.717, 1.165) is 72.8 Å². The van der Waals surface area contributed by atoms with Crippen molar-refractivity contribution < 1.29 is 9.47 Å². The second kappa shape index (κ2) is 18.6. The molecule has 0 aliphatic heterocycles. The first-order valence-electron chi connectivity index (χ1n) is 22.8. The zero-order valence-electron chi connectivity index (χ0n) is 36.8. The van der Waals surface area contributed by atoms with Gasteiger partial charge in [0.05, 0.1) is 24.6 Å². The molecule has 0 saturated heterocycles. The average Bonchev–Trinajstić information content (AvgIpc) is 3.34. The number of hydrogen-bond acceptors (Lipinski definition) is 4. The van der Waals surface area contributed by atoms with E-state index in [1.54, 1.807) is 0 Å². The lowest BCUT2D eigenvalue weighted by Crippen LogP contribution is -2.20. The van der Waals surface area contributed by atoms with E-state index in [1.807, 2.05) is 0 Å². The van der Waals surface area contributed by atoms with Crippen molar-refractivity contribution in [2.24, 2.45) is 0 Å². The molecule has 0 aromatic heterocycles. The maximum Gasteiger partial charge on any atom is 0.119 e. The topological polar surface area (TPSA) is 24.9 Å². The molecule has 0 atom stereocenters. The highest BCUT2D eigenvalue weighted by Crippen LogP contribution is 2.50. The van der Waals surface area contributed by atoms with Gasteiger partial charge in [0, 0.05) is 28.3 Å². The lowest BCUT2D eigenvalue weighted by Gasteiger charge is -2.35. The Morgan fingerprint density at radius 1 is 0.453 bits per heavy atom. The summed E-state index contributed by atoms with van der Waals surface area (Å²) in [6.07, 6.45) is 10.6. The highest BCUT2D eigenvalue weighted by molar-refractivity contribution is 6.08. The predicted molar refractivity (Wildman–Crippen MR) is 268 cm³/mol. The van der Waals surface area contributed by atoms with Crippen LogP contribution in [0.25, 0.3) is 22.0 Å². The average molecular weight is 835 g/mol. The first-order chi connectivity index (χ1) is 31.6. The van der Waals surface area contributed by atoms with Gasteiger partial charge in [-0.2, -0.15) is 0 Å². The number of benzene rings is 8. The van der Waals surface area contributed by atoms with Gasteiger partial charge in [-0.25, -0.2) is 0 Å². The zero-order valence-corrected chi connectivity index (χ0v) is 36.8. The van der Waals surface area contributed by atoms with E-state index in [0.29, 0.717) is 13.2 Å². The molecular weight excluding hydrogens is 781 g/mol. The lowest BCUT2D eigenvalue weighted by molar-refractivity contribution is 0.311. The van der Waals surface area contributed by atoms with Crippen molar-refractivity contribution >= 4 is 50.5 Å². The Hall–Kier alpha value is -7.30. The number of anilines is 5. The van der Waals surface area contributed by atoms with Crippen molar-refractivity contribution in [3.63, 3.8) is 0 Å². The Kier molecular flexibility index (Phi) is 11.8. The molecule has 2 aliphatic rings. The highest BCUT2D eigenvalue weighted by Gasteiger charge is 2.30. The molecule has 0 spiro atoms. The molecule has 0 bridgehead atoms. The van der Waals surface area contributed by atoms with Crippen LogP contribution in [0.3, 0.4) is 0 Å². The third-order valence-electron chi connectivity index (χ3n) is 12.6. The van der Waals surface area contributed by atoms with Gasteiger partial charge >= 0.3 is 0 Å². The number of aryl methyl sites for hydroxylation is 4. The van der Waals surface area contributed by atoms with E-state index in [9.17, 15) is 0 Å². The van der Waals surface area contributed by atoms with Crippen LogP contribution in [0.1, 0.15) is 58.2 Å². The fourth-order valence-electron chi connectivity index (χ4n) is 9.33. The summed E-state index contributed by atoms with van der Waals surface area (Å²) >= 11 is 0. The lowest BCUT2D eigenvalue weighted by atomic mass is 9.79. The van der Waals surface area contributed by atoms with E-state index in [4.69, 9.17) is 9.47 Å². The van der Waals surface area contributed by atoms with Crippen LogP contribution in [-0.2, 0) is 19.3 Å². The van der Waals surface area contributed by atoms with Crippen molar-refractivity contribution in [3.05, 3.63) is 233 Å². The number of nitrogens with zero attached hydrogens (tertiary/aromatic N) is 2. The molecule has 4 heteroatoms. The van der Waals surface area contributed by atoms with Crippen LogP contribution >= 0.6 is 0 Å². The molecule has 0 N–H and O–H groups in total. The Morgan fingerprint density at radius 2 is 0.938 bits per heavy atom. The van der Waals surface area contributed by atoms with Crippen LogP contribution in [0.4, 0.5) is 28.4 Å². The van der Waals surface area contributed by atoms with Gasteiger partial charge in [0.25, 0.3) is 0 Å². The maximum absolute atomic E-state index is 6.26. The van der Waals surface area contributed by atoms with Crippen molar-refractivity contribution in [2.45, 2.75) is 52.4 Å². The summed E-state index contributed by atoms with van der Waals surface area (Å²) in [6, 6.07) is 65.7. The molecule has 0 saturated carbocycles. The molecule has 316 valence electrons. The maximum atomic E-state index is 6.26. The molecule has 0 fully saturated rings. The minimum Gasteiger partial charge on any atom is -0.494 e. The largest absolute Gasteiger partial charge is 0.494 e. The summed E-state index contributed by atoms with van der Waals surface area (Å²) in [5, 5.41) is 2.61. The van der Waals surface area contributed by atoms with Crippen molar-refractivity contribution in [3.8, 4) is 11.5 Å². The van der Waals surface area contributed by atoms with E-state index in [1.165, 1.54) is 66.7 Å². The van der Waals surface area contributed by atoms with Gasteiger partial charge in [0.1, 0.15) is 11.5 Å². The molecule has 0 unspecified atom stereocenters. The number of ether oxygens (including phenoxy) is 2. The highest BCUT2D eigenvalue weighted by atomic mass is 16.5. The van der Waals surface area contributed by atoms with Gasteiger partial charge in [0.2, 0.25) is 0 Å². The van der Waals surface area contributed by atoms with Gasteiger partial charge in [0.15, 0.2) is 0 Å². The van der Waals surface area contributed by atoms with Crippen LogP contribution in [0.5, 0.6) is 11.5 Å². The number of allylic oxidation sites excluding steroid dienone is 3. The molecule has 8 aromatic carbocycles. The molecule has 8 aromatic rings. The minimum atomic E-state index is 0.678.